The lowest BCUT2D eigenvalue weighted by Gasteiger charge is -2.35. The number of hydrogen-bond donors (Lipinski definition) is 1. The van der Waals surface area contributed by atoms with E-state index in [9.17, 15) is 9.59 Å². The van der Waals surface area contributed by atoms with Gasteiger partial charge < -0.3 is 4.74 Å². The van der Waals surface area contributed by atoms with Gasteiger partial charge in [-0.15, -0.1) is 0 Å². The Hall–Kier alpha value is -2.66. The molecule has 0 aromatic heterocycles. The van der Waals surface area contributed by atoms with Crippen LogP contribution in [-0.2, 0) is 0 Å². The van der Waals surface area contributed by atoms with E-state index < -0.39 is 0 Å². The van der Waals surface area contributed by atoms with E-state index >= 15 is 0 Å². The van der Waals surface area contributed by atoms with Crippen LogP contribution in [0.1, 0.15) is 83.7 Å². The third kappa shape index (κ3) is 5.98. The molecule has 0 aliphatic heterocycles. The molecule has 5 nitrogen and oxygen atoms in total. The molecule has 2 amide bonds. The Morgan fingerprint density at radius 1 is 1.00 bits per heavy atom. The topological polar surface area (TPSA) is 58.6 Å². The Morgan fingerprint density at radius 2 is 1.66 bits per heavy atom. The lowest BCUT2D eigenvalue weighted by molar-refractivity contribution is 0.0444. The zero-order valence-electron chi connectivity index (χ0n) is 19.8. The lowest BCUT2D eigenvalue weighted by atomic mass is 9.82. The molecule has 0 spiro atoms. The summed E-state index contributed by atoms with van der Waals surface area (Å²) >= 11 is 0. The molecule has 172 valence electrons. The summed E-state index contributed by atoms with van der Waals surface area (Å²) in [6, 6.07) is 12.8. The van der Waals surface area contributed by atoms with E-state index in [1.807, 2.05) is 32.0 Å². The minimum atomic E-state index is -0.357. The molecular formula is C27H36N2O3. The van der Waals surface area contributed by atoms with Crippen LogP contribution in [-0.4, -0.2) is 30.0 Å². The number of methoxy groups -OCH3 is 1. The molecule has 0 bridgehead atoms. The number of aryl methyl sites for hydroxylation is 2. The monoisotopic (exact) mass is 436 g/mol. The predicted octanol–water partition coefficient (Wildman–Crippen LogP) is 5.85. The van der Waals surface area contributed by atoms with Crippen molar-refractivity contribution >= 4 is 11.8 Å². The van der Waals surface area contributed by atoms with Crippen molar-refractivity contribution in [2.24, 2.45) is 5.92 Å². The van der Waals surface area contributed by atoms with Crippen molar-refractivity contribution in [3.8, 4) is 5.75 Å². The first-order chi connectivity index (χ1) is 15.4. The van der Waals surface area contributed by atoms with Gasteiger partial charge in [0, 0.05) is 17.2 Å². The van der Waals surface area contributed by atoms with Crippen molar-refractivity contribution in [2.75, 3.05) is 7.11 Å². The first kappa shape index (κ1) is 24.0. The van der Waals surface area contributed by atoms with E-state index in [1.54, 1.807) is 31.4 Å². The zero-order valence-corrected chi connectivity index (χ0v) is 19.8. The molecule has 5 heteroatoms. The van der Waals surface area contributed by atoms with Crippen LogP contribution in [0.3, 0.4) is 0 Å². The summed E-state index contributed by atoms with van der Waals surface area (Å²) in [5.74, 6) is 0.384. The van der Waals surface area contributed by atoms with Crippen molar-refractivity contribution in [3.05, 3.63) is 64.7 Å². The van der Waals surface area contributed by atoms with E-state index in [4.69, 9.17) is 4.74 Å². The second-order valence-electron chi connectivity index (χ2n) is 8.98. The molecule has 1 fully saturated rings. The van der Waals surface area contributed by atoms with Crippen LogP contribution in [0, 0.1) is 19.8 Å². The molecule has 0 unspecified atom stereocenters. The van der Waals surface area contributed by atoms with Crippen LogP contribution in [0.2, 0.25) is 0 Å². The molecule has 0 heterocycles. The molecule has 1 atom stereocenters. The van der Waals surface area contributed by atoms with Gasteiger partial charge in [-0.25, -0.2) is 10.4 Å². The normalized spacial score (nSPS) is 15.2. The van der Waals surface area contributed by atoms with Gasteiger partial charge in [0.2, 0.25) is 0 Å². The van der Waals surface area contributed by atoms with Crippen molar-refractivity contribution < 1.29 is 14.3 Å². The van der Waals surface area contributed by atoms with Crippen LogP contribution in [0.25, 0.3) is 0 Å². The predicted molar refractivity (Wildman–Crippen MR) is 128 cm³/mol. The zero-order chi connectivity index (χ0) is 23.1. The third-order valence-electron chi connectivity index (χ3n) is 6.30. The van der Waals surface area contributed by atoms with Crippen LogP contribution in [0.15, 0.2) is 42.5 Å². The van der Waals surface area contributed by atoms with E-state index in [2.05, 4.69) is 12.3 Å². The molecule has 3 rings (SSSR count). The number of hydrogen-bond acceptors (Lipinski definition) is 4. The molecule has 1 aliphatic rings. The summed E-state index contributed by atoms with van der Waals surface area (Å²) in [7, 11) is 1.57. The summed E-state index contributed by atoms with van der Waals surface area (Å²) in [5.41, 5.74) is 6.33. The Balaban J connectivity index is 1.96. The molecule has 2 aromatic carbocycles. The van der Waals surface area contributed by atoms with Gasteiger partial charge in [0.05, 0.1) is 7.11 Å². The van der Waals surface area contributed by atoms with E-state index in [-0.39, 0.29) is 17.9 Å². The number of ether oxygens (including phenoxy) is 1. The van der Waals surface area contributed by atoms with Gasteiger partial charge in [-0.2, -0.15) is 0 Å². The first-order valence-corrected chi connectivity index (χ1v) is 11.8. The van der Waals surface area contributed by atoms with Crippen LogP contribution in [0.5, 0.6) is 5.75 Å². The average Bonchev–Trinajstić information content (AvgIpc) is 2.81. The highest BCUT2D eigenvalue weighted by Gasteiger charge is 2.31. The van der Waals surface area contributed by atoms with Crippen molar-refractivity contribution in [3.63, 3.8) is 0 Å². The quantitative estimate of drug-likeness (QED) is 0.417. The maximum atomic E-state index is 13.7. The Bertz CT molecular complexity index is 914. The minimum absolute atomic E-state index is 0.0877. The number of nitrogens with zero attached hydrogens (tertiary/aromatic N) is 1. The molecule has 2 aromatic rings. The second-order valence-corrected chi connectivity index (χ2v) is 8.98. The SMILES string of the molecule is CCC[C@H](NN(C(=O)c1cc(C)cc(C)c1)C(=O)c1cccc(OC)c1)C1CCCCC1. The summed E-state index contributed by atoms with van der Waals surface area (Å²) in [5, 5.41) is 1.25. The first-order valence-electron chi connectivity index (χ1n) is 11.8. The van der Waals surface area contributed by atoms with E-state index in [1.165, 1.54) is 24.3 Å². The van der Waals surface area contributed by atoms with E-state index in [0.29, 0.717) is 22.8 Å². The molecule has 1 N–H and O–H groups in total. The Morgan fingerprint density at radius 3 is 2.28 bits per heavy atom. The maximum absolute atomic E-state index is 13.7. The highest BCUT2D eigenvalue weighted by molar-refractivity contribution is 6.10. The summed E-state index contributed by atoms with van der Waals surface area (Å²) in [4.78, 5) is 27.3. The van der Waals surface area contributed by atoms with Gasteiger partial charge in [-0.05, 0) is 69.4 Å². The maximum Gasteiger partial charge on any atom is 0.275 e. The fraction of sp³-hybridized carbons (Fsp3) is 0.481. The van der Waals surface area contributed by atoms with Gasteiger partial charge in [0.25, 0.3) is 11.8 Å². The van der Waals surface area contributed by atoms with Crippen LogP contribution < -0.4 is 10.2 Å². The van der Waals surface area contributed by atoms with Gasteiger partial charge >= 0.3 is 0 Å². The molecule has 0 radical (unpaired) electrons. The molecular weight excluding hydrogens is 400 g/mol. The Labute approximate surface area is 192 Å². The summed E-state index contributed by atoms with van der Waals surface area (Å²) in [6.07, 6.45) is 7.87. The molecule has 0 saturated heterocycles. The van der Waals surface area contributed by atoms with Gasteiger partial charge in [-0.3, -0.25) is 9.59 Å². The lowest BCUT2D eigenvalue weighted by Crippen LogP contribution is -2.54. The highest BCUT2D eigenvalue weighted by Crippen LogP contribution is 2.29. The van der Waals surface area contributed by atoms with Crippen molar-refractivity contribution in [1.82, 2.24) is 10.4 Å². The standard InChI is InChI=1S/C27H36N2O3/c1-5-10-25(21-11-7-6-8-12-21)28-29(26(30)22-13-9-14-24(18-22)32-4)27(31)23-16-19(2)15-20(3)17-23/h9,13-18,21,25,28H,5-8,10-12H2,1-4H3/t25-/m0/s1. The van der Waals surface area contributed by atoms with Gasteiger partial charge in [0.15, 0.2) is 0 Å². The fourth-order valence-electron chi connectivity index (χ4n) is 4.74. The highest BCUT2D eigenvalue weighted by atomic mass is 16.5. The minimum Gasteiger partial charge on any atom is -0.497 e. The largest absolute Gasteiger partial charge is 0.497 e. The fourth-order valence-corrected chi connectivity index (χ4v) is 4.74. The number of benzene rings is 2. The number of imide groups is 1. The molecule has 1 aliphatic carbocycles. The number of amides is 2. The number of carbonyl (C=O) groups excluding carboxylic acids is 2. The van der Waals surface area contributed by atoms with Gasteiger partial charge in [-0.1, -0.05) is 55.9 Å². The number of hydrazine groups is 1. The third-order valence-corrected chi connectivity index (χ3v) is 6.30. The average molecular weight is 437 g/mol. The Kier molecular flexibility index (Phi) is 8.46. The summed E-state index contributed by atoms with van der Waals surface area (Å²) < 4.78 is 5.30. The second kappa shape index (κ2) is 11.3. The van der Waals surface area contributed by atoms with Gasteiger partial charge in [0.1, 0.15) is 5.75 Å². The van der Waals surface area contributed by atoms with Crippen LogP contribution in [0.4, 0.5) is 0 Å². The van der Waals surface area contributed by atoms with Crippen molar-refractivity contribution in [1.29, 1.82) is 0 Å². The van der Waals surface area contributed by atoms with Crippen LogP contribution >= 0.6 is 0 Å². The number of carbonyl (C=O) groups is 2. The number of nitrogens with one attached hydrogen (secondary N) is 1. The van der Waals surface area contributed by atoms with Crippen molar-refractivity contribution in [2.45, 2.75) is 71.8 Å². The number of rotatable bonds is 8. The van der Waals surface area contributed by atoms with E-state index in [0.717, 1.165) is 36.8 Å². The summed E-state index contributed by atoms with van der Waals surface area (Å²) in [6.45, 7) is 6.08. The molecule has 32 heavy (non-hydrogen) atoms. The molecule has 1 saturated carbocycles. The smallest absolute Gasteiger partial charge is 0.275 e.